The van der Waals surface area contributed by atoms with Crippen molar-refractivity contribution in [3.05, 3.63) is 35.6 Å². The first-order chi connectivity index (χ1) is 10.2. The minimum Gasteiger partial charge on any atom is -0.336 e. The molecule has 2 heterocycles. The molecule has 1 N–H and O–H groups in total. The van der Waals surface area contributed by atoms with Gasteiger partial charge in [-0.15, -0.1) is 0 Å². The number of rotatable bonds is 4. The summed E-state index contributed by atoms with van der Waals surface area (Å²) >= 11 is 0. The van der Waals surface area contributed by atoms with Crippen molar-refractivity contribution >= 4 is 5.91 Å². The van der Waals surface area contributed by atoms with Gasteiger partial charge in [0, 0.05) is 13.0 Å². The van der Waals surface area contributed by atoms with E-state index in [1.165, 1.54) is 18.6 Å². The first-order valence-corrected chi connectivity index (χ1v) is 7.99. The Morgan fingerprint density at radius 1 is 1.29 bits per heavy atom. The molecule has 0 radical (unpaired) electrons. The molecule has 2 atom stereocenters. The van der Waals surface area contributed by atoms with Gasteiger partial charge in [-0.3, -0.25) is 4.79 Å². The van der Waals surface area contributed by atoms with Crippen molar-refractivity contribution in [2.75, 3.05) is 19.6 Å². The molecule has 2 aliphatic rings. The molecule has 21 heavy (non-hydrogen) atoms. The molecule has 1 amide bonds. The van der Waals surface area contributed by atoms with Crippen molar-refractivity contribution in [2.45, 2.75) is 38.1 Å². The smallest absolute Gasteiger partial charge is 0.223 e. The first kappa shape index (κ1) is 14.5. The van der Waals surface area contributed by atoms with Crippen molar-refractivity contribution < 1.29 is 9.18 Å². The zero-order valence-corrected chi connectivity index (χ0v) is 12.4. The van der Waals surface area contributed by atoms with E-state index in [1.807, 2.05) is 17.0 Å². The van der Waals surface area contributed by atoms with Crippen LogP contribution in [0.4, 0.5) is 4.39 Å². The first-order valence-electron chi connectivity index (χ1n) is 7.99. The molecular weight excluding hydrogens is 267 g/mol. The van der Waals surface area contributed by atoms with Crippen molar-refractivity contribution in [3.63, 3.8) is 0 Å². The zero-order chi connectivity index (χ0) is 14.7. The molecule has 114 valence electrons. The Morgan fingerprint density at radius 3 is 2.81 bits per heavy atom. The Hall–Kier alpha value is -1.42. The van der Waals surface area contributed by atoms with E-state index in [9.17, 15) is 9.18 Å². The maximum atomic E-state index is 13.0. The van der Waals surface area contributed by atoms with Crippen molar-refractivity contribution in [3.8, 4) is 0 Å². The van der Waals surface area contributed by atoms with Gasteiger partial charge in [-0.05, 0) is 62.4 Å². The molecule has 0 aromatic heterocycles. The number of carbonyl (C=O) groups excluding carboxylic acids is 1. The second-order valence-electron chi connectivity index (χ2n) is 6.19. The van der Waals surface area contributed by atoms with Crippen LogP contribution in [-0.4, -0.2) is 30.4 Å². The van der Waals surface area contributed by atoms with Crippen LogP contribution in [0.1, 0.15) is 43.7 Å². The van der Waals surface area contributed by atoms with E-state index < -0.39 is 0 Å². The monoisotopic (exact) mass is 290 g/mol. The third kappa shape index (κ3) is 3.43. The molecule has 1 aromatic rings. The van der Waals surface area contributed by atoms with E-state index in [0.717, 1.165) is 44.5 Å². The number of amides is 1. The lowest BCUT2D eigenvalue weighted by molar-refractivity contribution is -0.132. The van der Waals surface area contributed by atoms with Gasteiger partial charge in [0.2, 0.25) is 5.91 Å². The molecule has 3 nitrogen and oxygen atoms in total. The van der Waals surface area contributed by atoms with E-state index in [0.29, 0.717) is 12.3 Å². The van der Waals surface area contributed by atoms with Crippen LogP contribution in [0.2, 0.25) is 0 Å². The lowest BCUT2D eigenvalue weighted by atomic mass is 10.0. The Morgan fingerprint density at radius 2 is 2.10 bits per heavy atom. The van der Waals surface area contributed by atoms with Crippen LogP contribution in [0.25, 0.3) is 0 Å². The van der Waals surface area contributed by atoms with E-state index in [-0.39, 0.29) is 17.8 Å². The molecule has 4 heteroatoms. The molecule has 0 saturated carbocycles. The van der Waals surface area contributed by atoms with E-state index in [4.69, 9.17) is 0 Å². The van der Waals surface area contributed by atoms with Crippen molar-refractivity contribution in [2.24, 2.45) is 5.92 Å². The van der Waals surface area contributed by atoms with E-state index in [1.54, 1.807) is 0 Å². The molecule has 2 saturated heterocycles. The number of carbonyl (C=O) groups is 1. The molecule has 0 bridgehead atoms. The van der Waals surface area contributed by atoms with E-state index in [2.05, 4.69) is 5.32 Å². The normalized spacial score (nSPS) is 25.5. The maximum Gasteiger partial charge on any atom is 0.223 e. The van der Waals surface area contributed by atoms with Crippen molar-refractivity contribution in [1.82, 2.24) is 10.2 Å². The largest absolute Gasteiger partial charge is 0.336 e. The number of halogens is 1. The van der Waals surface area contributed by atoms with Gasteiger partial charge in [0.15, 0.2) is 0 Å². The highest BCUT2D eigenvalue weighted by atomic mass is 19.1. The third-order valence-corrected chi connectivity index (χ3v) is 4.76. The molecule has 3 rings (SSSR count). The zero-order valence-electron chi connectivity index (χ0n) is 12.4. The summed E-state index contributed by atoms with van der Waals surface area (Å²) < 4.78 is 13.0. The Bertz CT molecular complexity index is 482. The van der Waals surface area contributed by atoms with Gasteiger partial charge in [0.25, 0.3) is 0 Å². The molecule has 0 aliphatic carbocycles. The SMILES string of the molecule is O=C(CCC1CCNC1)N1CCCC1c1ccc(F)cc1. The van der Waals surface area contributed by atoms with E-state index >= 15 is 0 Å². The van der Waals surface area contributed by atoms with Crippen LogP contribution in [-0.2, 0) is 4.79 Å². The highest BCUT2D eigenvalue weighted by molar-refractivity contribution is 5.77. The molecule has 2 fully saturated rings. The van der Waals surface area contributed by atoms with Crippen LogP contribution in [0, 0.1) is 11.7 Å². The molecular formula is C17H23FN2O. The second-order valence-corrected chi connectivity index (χ2v) is 6.19. The van der Waals surface area contributed by atoms with Gasteiger partial charge in [-0.2, -0.15) is 0 Å². The summed E-state index contributed by atoms with van der Waals surface area (Å²) in [7, 11) is 0. The molecule has 0 spiro atoms. The van der Waals surface area contributed by atoms with Gasteiger partial charge < -0.3 is 10.2 Å². The Balaban J connectivity index is 1.60. The fraction of sp³-hybridized carbons (Fsp3) is 0.588. The Kier molecular flexibility index (Phi) is 4.54. The van der Waals surface area contributed by atoms with Crippen LogP contribution in [0.3, 0.4) is 0 Å². The maximum absolute atomic E-state index is 13.0. The van der Waals surface area contributed by atoms with Crippen LogP contribution in [0.15, 0.2) is 24.3 Å². The predicted octanol–water partition coefficient (Wildman–Crippen LogP) is 2.88. The predicted molar refractivity (Wildman–Crippen MR) is 80.3 cm³/mol. The molecule has 2 unspecified atom stereocenters. The third-order valence-electron chi connectivity index (χ3n) is 4.76. The summed E-state index contributed by atoms with van der Waals surface area (Å²) in [6.07, 6.45) is 4.85. The number of hydrogen-bond donors (Lipinski definition) is 1. The second kappa shape index (κ2) is 6.56. The van der Waals surface area contributed by atoms with Gasteiger partial charge in [-0.25, -0.2) is 4.39 Å². The molecule has 1 aromatic carbocycles. The van der Waals surface area contributed by atoms with Gasteiger partial charge >= 0.3 is 0 Å². The van der Waals surface area contributed by atoms with Crippen LogP contribution >= 0.6 is 0 Å². The topological polar surface area (TPSA) is 32.3 Å². The standard InChI is InChI=1S/C17H23FN2O/c18-15-6-4-14(5-7-15)16-2-1-11-20(16)17(21)8-3-13-9-10-19-12-13/h4-7,13,16,19H,1-3,8-12H2. The summed E-state index contributed by atoms with van der Waals surface area (Å²) in [4.78, 5) is 14.5. The van der Waals surface area contributed by atoms with Gasteiger partial charge in [-0.1, -0.05) is 12.1 Å². The lowest BCUT2D eigenvalue weighted by Crippen LogP contribution is -2.30. The number of likely N-dealkylation sites (tertiary alicyclic amines) is 1. The highest BCUT2D eigenvalue weighted by Crippen LogP contribution is 2.33. The fourth-order valence-corrected chi connectivity index (χ4v) is 3.53. The average Bonchev–Trinajstić information content (AvgIpc) is 3.17. The summed E-state index contributed by atoms with van der Waals surface area (Å²) in [5.74, 6) is 0.693. The van der Waals surface area contributed by atoms with Crippen LogP contribution in [0.5, 0.6) is 0 Å². The summed E-state index contributed by atoms with van der Waals surface area (Å²) in [6, 6.07) is 6.74. The van der Waals surface area contributed by atoms with Gasteiger partial charge in [0.05, 0.1) is 6.04 Å². The minimum absolute atomic E-state index is 0.139. The minimum atomic E-state index is -0.219. The van der Waals surface area contributed by atoms with Crippen molar-refractivity contribution in [1.29, 1.82) is 0 Å². The summed E-state index contributed by atoms with van der Waals surface area (Å²) in [6.45, 7) is 2.97. The Labute approximate surface area is 125 Å². The number of benzene rings is 1. The number of hydrogen-bond acceptors (Lipinski definition) is 2. The van der Waals surface area contributed by atoms with Gasteiger partial charge in [0.1, 0.15) is 5.82 Å². The lowest BCUT2D eigenvalue weighted by Gasteiger charge is -2.25. The summed E-state index contributed by atoms with van der Waals surface area (Å²) in [5.41, 5.74) is 1.06. The number of nitrogens with one attached hydrogen (secondary N) is 1. The summed E-state index contributed by atoms with van der Waals surface area (Å²) in [5, 5.41) is 3.35. The quantitative estimate of drug-likeness (QED) is 0.925. The van der Waals surface area contributed by atoms with Crippen LogP contribution < -0.4 is 5.32 Å². The average molecular weight is 290 g/mol. The molecule has 2 aliphatic heterocycles. The fourth-order valence-electron chi connectivity index (χ4n) is 3.53. The highest BCUT2D eigenvalue weighted by Gasteiger charge is 2.30. The number of nitrogens with zero attached hydrogens (tertiary/aromatic N) is 1.